The highest BCUT2D eigenvalue weighted by Gasteiger charge is 2.42. The highest BCUT2D eigenvalue weighted by molar-refractivity contribution is 5.35. The molecule has 2 atom stereocenters. The smallest absolute Gasteiger partial charge is 0.159 e. The Morgan fingerprint density at radius 3 is 2.29 bits per heavy atom. The third-order valence-corrected chi connectivity index (χ3v) is 7.08. The normalized spacial score (nSPS) is 17.6. The van der Waals surface area contributed by atoms with Gasteiger partial charge in [-0.3, -0.25) is 4.90 Å². The van der Waals surface area contributed by atoms with Crippen LogP contribution in [0.3, 0.4) is 0 Å². The summed E-state index contributed by atoms with van der Waals surface area (Å²) < 4.78 is 27.7. The van der Waals surface area contributed by atoms with Gasteiger partial charge in [0.05, 0.1) is 11.5 Å². The number of hydrogen-bond donors (Lipinski definition) is 0. The predicted molar refractivity (Wildman–Crippen MR) is 121 cm³/mol. The van der Waals surface area contributed by atoms with E-state index in [1.807, 2.05) is 6.07 Å². The molecule has 0 bridgehead atoms. The number of hydrogen-bond acceptors (Lipinski definition) is 2. The number of rotatable bonds is 9. The summed E-state index contributed by atoms with van der Waals surface area (Å²) in [6.45, 7) is 7.46. The van der Waals surface area contributed by atoms with Gasteiger partial charge in [0.2, 0.25) is 0 Å². The molecule has 4 heteroatoms. The van der Waals surface area contributed by atoms with E-state index in [1.54, 1.807) is 6.07 Å². The Morgan fingerprint density at radius 2 is 1.71 bits per heavy atom. The van der Waals surface area contributed by atoms with Gasteiger partial charge < -0.3 is 0 Å². The molecule has 31 heavy (non-hydrogen) atoms. The summed E-state index contributed by atoms with van der Waals surface area (Å²) in [6.07, 6.45) is 5.61. The minimum Gasteiger partial charge on any atom is -0.294 e. The van der Waals surface area contributed by atoms with Crippen LogP contribution in [0.25, 0.3) is 0 Å². The summed E-state index contributed by atoms with van der Waals surface area (Å²) in [7, 11) is 0. The summed E-state index contributed by atoms with van der Waals surface area (Å²) in [4.78, 5) is 2.46. The third-order valence-electron chi connectivity index (χ3n) is 7.08. The van der Waals surface area contributed by atoms with Crippen molar-refractivity contribution < 1.29 is 8.78 Å². The first-order valence-electron chi connectivity index (χ1n) is 11.5. The summed E-state index contributed by atoms with van der Waals surface area (Å²) >= 11 is 0. The zero-order chi connectivity index (χ0) is 22.4. The van der Waals surface area contributed by atoms with E-state index in [9.17, 15) is 14.0 Å². The van der Waals surface area contributed by atoms with E-state index in [4.69, 9.17) is 0 Å². The molecule has 3 rings (SSSR count). The predicted octanol–water partition coefficient (Wildman–Crippen LogP) is 7.00. The van der Waals surface area contributed by atoms with Crippen molar-refractivity contribution in [3.63, 3.8) is 0 Å². The highest BCUT2D eigenvalue weighted by atomic mass is 19.2. The van der Waals surface area contributed by atoms with Crippen molar-refractivity contribution in [1.29, 1.82) is 5.26 Å². The van der Waals surface area contributed by atoms with Crippen LogP contribution in [0, 0.1) is 28.9 Å². The molecule has 1 aliphatic carbocycles. The Bertz CT molecular complexity index is 884. The minimum absolute atomic E-state index is 0.191. The monoisotopic (exact) mass is 424 g/mol. The van der Waals surface area contributed by atoms with Gasteiger partial charge in [-0.1, -0.05) is 49.2 Å². The minimum atomic E-state index is -0.865. The molecule has 2 aromatic rings. The maximum absolute atomic E-state index is 14.1. The average Bonchev–Trinajstić information content (AvgIpc) is 3.31. The summed E-state index contributed by atoms with van der Waals surface area (Å²) in [5.41, 5.74) is 1.13. The second-order valence-corrected chi connectivity index (χ2v) is 9.33. The molecule has 1 fully saturated rings. The summed E-state index contributed by atoms with van der Waals surface area (Å²) in [5, 5.41) is 10.4. The number of nitrogens with zero attached hydrogens (tertiary/aromatic N) is 2. The van der Waals surface area contributed by atoms with Crippen LogP contribution in [0.2, 0.25) is 0 Å². The molecule has 0 aromatic heterocycles. The van der Waals surface area contributed by atoms with Gasteiger partial charge in [0.25, 0.3) is 0 Å². The third kappa shape index (κ3) is 5.33. The largest absolute Gasteiger partial charge is 0.294 e. The van der Waals surface area contributed by atoms with Crippen molar-refractivity contribution in [1.82, 2.24) is 4.90 Å². The molecule has 0 aliphatic heterocycles. The van der Waals surface area contributed by atoms with Gasteiger partial charge in [-0.2, -0.15) is 5.26 Å². The lowest BCUT2D eigenvalue weighted by molar-refractivity contribution is 0.136. The van der Waals surface area contributed by atoms with Crippen molar-refractivity contribution >= 4 is 0 Å². The number of nitriles is 1. The van der Waals surface area contributed by atoms with E-state index >= 15 is 0 Å². The van der Waals surface area contributed by atoms with Crippen LogP contribution >= 0.6 is 0 Å². The molecule has 2 nitrogen and oxygen atoms in total. The fraction of sp³-hybridized carbons (Fsp3) is 0.519. The van der Waals surface area contributed by atoms with Gasteiger partial charge in [-0.25, -0.2) is 8.78 Å². The van der Waals surface area contributed by atoms with Crippen LogP contribution in [0.5, 0.6) is 0 Å². The maximum atomic E-state index is 14.1. The topological polar surface area (TPSA) is 27.0 Å². The van der Waals surface area contributed by atoms with E-state index in [0.717, 1.165) is 38.6 Å². The number of benzene rings is 2. The lowest BCUT2D eigenvalue weighted by Gasteiger charge is -2.38. The van der Waals surface area contributed by atoms with Crippen LogP contribution in [0.4, 0.5) is 8.78 Å². The molecular weight excluding hydrogens is 390 g/mol. The molecule has 0 N–H and O–H groups in total. The maximum Gasteiger partial charge on any atom is 0.159 e. The van der Waals surface area contributed by atoms with E-state index in [-0.39, 0.29) is 12.0 Å². The lowest BCUT2D eigenvalue weighted by Crippen LogP contribution is -2.40. The Balaban J connectivity index is 1.83. The van der Waals surface area contributed by atoms with Gasteiger partial charge in [0.1, 0.15) is 0 Å². The Kier molecular flexibility index (Phi) is 7.84. The van der Waals surface area contributed by atoms with Crippen LogP contribution in [0.1, 0.15) is 70.4 Å². The Labute approximate surface area is 185 Å². The van der Waals surface area contributed by atoms with Crippen molar-refractivity contribution in [2.45, 2.75) is 83.3 Å². The molecule has 166 valence electrons. The second-order valence-electron chi connectivity index (χ2n) is 9.33. The highest BCUT2D eigenvalue weighted by Crippen LogP contribution is 2.45. The molecule has 0 spiro atoms. The van der Waals surface area contributed by atoms with Gasteiger partial charge in [0, 0.05) is 18.6 Å². The molecule has 0 radical (unpaired) electrons. The molecule has 0 saturated heterocycles. The quantitative estimate of drug-likeness (QED) is 0.433. The lowest BCUT2D eigenvalue weighted by atomic mass is 9.67. The molecular formula is C27H34F2N2. The summed E-state index contributed by atoms with van der Waals surface area (Å²) in [5.74, 6) is -1.53. The number of halogens is 2. The Hall–Kier alpha value is -2.25. The van der Waals surface area contributed by atoms with Crippen LogP contribution in [0.15, 0.2) is 48.5 Å². The van der Waals surface area contributed by atoms with Gasteiger partial charge in [-0.15, -0.1) is 0 Å². The zero-order valence-corrected chi connectivity index (χ0v) is 19.0. The molecule has 2 unspecified atom stereocenters. The van der Waals surface area contributed by atoms with Crippen molar-refractivity contribution in [2.75, 3.05) is 0 Å². The first kappa shape index (κ1) is 23.4. The van der Waals surface area contributed by atoms with Crippen molar-refractivity contribution in [2.24, 2.45) is 5.92 Å². The SMILES string of the molecule is CC(C)N(Cc1ccccc1)C(C)CCC(C#N)(c1ccc(F)c(F)c1)C1CCCC1. The first-order valence-corrected chi connectivity index (χ1v) is 11.5. The van der Waals surface area contributed by atoms with Crippen molar-refractivity contribution in [3.8, 4) is 6.07 Å². The molecule has 1 saturated carbocycles. The van der Waals surface area contributed by atoms with E-state index in [0.29, 0.717) is 18.0 Å². The van der Waals surface area contributed by atoms with E-state index in [1.165, 1.54) is 17.7 Å². The Morgan fingerprint density at radius 1 is 1.03 bits per heavy atom. The van der Waals surface area contributed by atoms with Gasteiger partial charge in [0.15, 0.2) is 11.6 Å². The van der Waals surface area contributed by atoms with Crippen LogP contribution in [-0.4, -0.2) is 17.0 Å². The molecule has 0 heterocycles. The fourth-order valence-corrected chi connectivity index (χ4v) is 5.23. The zero-order valence-electron chi connectivity index (χ0n) is 19.0. The molecule has 2 aromatic carbocycles. The van der Waals surface area contributed by atoms with E-state index in [2.05, 4.69) is 56.0 Å². The fourth-order valence-electron chi connectivity index (χ4n) is 5.23. The average molecular weight is 425 g/mol. The van der Waals surface area contributed by atoms with Crippen LogP contribution in [-0.2, 0) is 12.0 Å². The van der Waals surface area contributed by atoms with Crippen molar-refractivity contribution in [3.05, 3.63) is 71.3 Å². The van der Waals surface area contributed by atoms with Gasteiger partial charge >= 0.3 is 0 Å². The molecule has 0 amide bonds. The second kappa shape index (κ2) is 10.4. The van der Waals surface area contributed by atoms with Gasteiger partial charge in [-0.05, 0) is 75.6 Å². The first-order chi connectivity index (χ1) is 14.9. The van der Waals surface area contributed by atoms with E-state index < -0.39 is 17.0 Å². The summed E-state index contributed by atoms with van der Waals surface area (Å²) in [6, 6.07) is 17.7. The molecule has 1 aliphatic rings. The van der Waals surface area contributed by atoms with Crippen LogP contribution < -0.4 is 0 Å². The standard InChI is InChI=1S/C27H34F2N2/c1-20(2)31(18-22-9-5-4-6-10-22)21(3)15-16-27(19-30,23-11-7-8-12-23)24-13-14-25(28)26(29)17-24/h4-6,9-10,13-14,17,20-21,23H,7-8,11-12,15-16,18H2,1-3H3.